The molecule has 0 spiro atoms. The largest absolute Gasteiger partial charge is 0.341 e. The van der Waals surface area contributed by atoms with Gasteiger partial charge in [-0.1, -0.05) is 29.8 Å². The highest BCUT2D eigenvalue weighted by Gasteiger charge is 2.22. The van der Waals surface area contributed by atoms with E-state index in [0.717, 1.165) is 12.5 Å². The molecule has 2 amide bonds. The molecule has 0 fully saturated rings. The lowest BCUT2D eigenvalue weighted by Crippen LogP contribution is -2.48. The second-order valence-corrected chi connectivity index (χ2v) is 5.97. The van der Waals surface area contributed by atoms with Gasteiger partial charge in [-0.05, 0) is 35.9 Å². The molecule has 2 rings (SSSR count). The van der Waals surface area contributed by atoms with Gasteiger partial charge in [-0.3, -0.25) is 19.4 Å². The summed E-state index contributed by atoms with van der Waals surface area (Å²) >= 11 is 5.82. The van der Waals surface area contributed by atoms with Gasteiger partial charge in [0.05, 0.1) is 0 Å². The van der Waals surface area contributed by atoms with Gasteiger partial charge >= 0.3 is 5.97 Å². The number of hydrogen-bond donors (Lipinski definition) is 2. The van der Waals surface area contributed by atoms with Gasteiger partial charge in [-0.15, -0.1) is 0 Å². The molecule has 1 atom stereocenters. The first-order chi connectivity index (χ1) is 12.9. The lowest BCUT2D eigenvalue weighted by Gasteiger charge is -2.16. The summed E-state index contributed by atoms with van der Waals surface area (Å²) in [4.78, 5) is 43.9. The number of hydroxylamine groups is 1. The van der Waals surface area contributed by atoms with Gasteiger partial charge < -0.3 is 10.2 Å². The monoisotopic (exact) mass is 387 g/mol. The van der Waals surface area contributed by atoms with Crippen molar-refractivity contribution in [3.8, 4) is 0 Å². The zero-order valence-corrected chi connectivity index (χ0v) is 15.3. The summed E-state index contributed by atoms with van der Waals surface area (Å²) in [6.07, 6.45) is 4.61. The summed E-state index contributed by atoms with van der Waals surface area (Å²) < 4.78 is 0. The predicted molar refractivity (Wildman–Crippen MR) is 100 cm³/mol. The number of carbonyl (C=O) groups is 3. The third-order valence-corrected chi connectivity index (χ3v) is 3.62. The fourth-order valence-electron chi connectivity index (χ4n) is 2.10. The minimum absolute atomic E-state index is 0.133. The first kappa shape index (κ1) is 20.1. The number of hydrogen-bond acceptors (Lipinski definition) is 5. The van der Waals surface area contributed by atoms with Crippen LogP contribution in [0.15, 0.2) is 54.7 Å². The first-order valence-electron chi connectivity index (χ1n) is 8.05. The van der Waals surface area contributed by atoms with E-state index in [1.165, 1.54) is 6.08 Å². The Balaban J connectivity index is 2.04. The average Bonchev–Trinajstić information content (AvgIpc) is 2.66. The molecular weight excluding hydrogens is 370 g/mol. The summed E-state index contributed by atoms with van der Waals surface area (Å²) in [5.74, 6) is -1.82. The Kier molecular flexibility index (Phi) is 7.51. The quantitative estimate of drug-likeness (QED) is 0.584. The summed E-state index contributed by atoms with van der Waals surface area (Å²) in [6.45, 7) is 1.15. The van der Waals surface area contributed by atoms with Gasteiger partial charge in [0.15, 0.2) is 0 Å². The minimum Gasteiger partial charge on any atom is -0.341 e. The third-order valence-electron chi connectivity index (χ3n) is 3.36. The van der Waals surface area contributed by atoms with E-state index >= 15 is 0 Å². The first-order valence-corrected chi connectivity index (χ1v) is 8.43. The van der Waals surface area contributed by atoms with E-state index in [9.17, 15) is 14.4 Å². The van der Waals surface area contributed by atoms with Crippen LogP contribution < -0.4 is 10.8 Å². The lowest BCUT2D eigenvalue weighted by atomic mass is 10.1. The SMILES string of the molecule is CC(=O)ONC(=O)[C@H](Cc1ccccn1)NC(=O)C=Cc1ccc(Cl)cc1. The van der Waals surface area contributed by atoms with Crippen LogP contribution in [0.4, 0.5) is 0 Å². The van der Waals surface area contributed by atoms with E-state index in [0.29, 0.717) is 10.7 Å². The minimum atomic E-state index is -0.971. The Hall–Kier alpha value is -3.19. The Morgan fingerprint density at radius 2 is 1.93 bits per heavy atom. The van der Waals surface area contributed by atoms with Crippen LogP contribution in [0.5, 0.6) is 0 Å². The maximum Gasteiger partial charge on any atom is 0.329 e. The molecule has 0 saturated carbocycles. The number of carbonyl (C=O) groups excluding carboxylic acids is 3. The number of aromatic nitrogens is 1. The van der Waals surface area contributed by atoms with E-state index in [-0.39, 0.29) is 6.42 Å². The van der Waals surface area contributed by atoms with Crippen molar-refractivity contribution < 1.29 is 19.2 Å². The van der Waals surface area contributed by atoms with E-state index in [4.69, 9.17) is 11.6 Å². The van der Waals surface area contributed by atoms with Crippen molar-refractivity contribution in [2.75, 3.05) is 0 Å². The fourth-order valence-corrected chi connectivity index (χ4v) is 2.22. The highest BCUT2D eigenvalue weighted by Crippen LogP contribution is 2.10. The molecule has 0 radical (unpaired) electrons. The van der Waals surface area contributed by atoms with Gasteiger partial charge in [0, 0.05) is 36.3 Å². The van der Waals surface area contributed by atoms with Crippen LogP contribution in [-0.4, -0.2) is 28.8 Å². The Morgan fingerprint density at radius 3 is 2.56 bits per heavy atom. The van der Waals surface area contributed by atoms with E-state index in [1.54, 1.807) is 54.7 Å². The molecular formula is C19H18ClN3O4. The van der Waals surface area contributed by atoms with Gasteiger partial charge in [-0.2, -0.15) is 5.48 Å². The maximum atomic E-state index is 12.2. The highest BCUT2D eigenvalue weighted by molar-refractivity contribution is 6.30. The second-order valence-electron chi connectivity index (χ2n) is 5.53. The Labute approximate surface area is 161 Å². The van der Waals surface area contributed by atoms with Crippen molar-refractivity contribution in [2.24, 2.45) is 0 Å². The number of nitrogens with one attached hydrogen (secondary N) is 2. The number of rotatable bonds is 6. The molecule has 1 heterocycles. The molecule has 0 bridgehead atoms. The van der Waals surface area contributed by atoms with Crippen LogP contribution in [0.2, 0.25) is 5.02 Å². The van der Waals surface area contributed by atoms with Crippen molar-refractivity contribution >= 4 is 35.5 Å². The molecule has 140 valence electrons. The number of amides is 2. The summed E-state index contributed by atoms with van der Waals surface area (Å²) in [5.41, 5.74) is 3.40. The molecule has 2 aromatic rings. The van der Waals surface area contributed by atoms with Gasteiger partial charge in [0.1, 0.15) is 6.04 Å². The van der Waals surface area contributed by atoms with E-state index in [2.05, 4.69) is 15.1 Å². The Bertz CT molecular complexity index is 823. The van der Waals surface area contributed by atoms with Gasteiger partial charge in [-0.25, -0.2) is 0 Å². The average molecular weight is 388 g/mol. The van der Waals surface area contributed by atoms with Crippen LogP contribution >= 0.6 is 11.6 Å². The van der Waals surface area contributed by atoms with Crippen molar-refractivity contribution in [1.82, 2.24) is 15.8 Å². The molecule has 0 unspecified atom stereocenters. The smallest absolute Gasteiger partial charge is 0.329 e. The van der Waals surface area contributed by atoms with Crippen molar-refractivity contribution in [2.45, 2.75) is 19.4 Å². The molecule has 27 heavy (non-hydrogen) atoms. The highest BCUT2D eigenvalue weighted by atomic mass is 35.5. The number of pyridine rings is 1. The zero-order valence-electron chi connectivity index (χ0n) is 14.5. The molecule has 7 nitrogen and oxygen atoms in total. The van der Waals surface area contributed by atoms with Crippen molar-refractivity contribution in [3.05, 3.63) is 71.0 Å². The number of benzene rings is 1. The number of halogens is 1. The normalized spacial score (nSPS) is 11.6. The molecule has 0 aliphatic rings. The van der Waals surface area contributed by atoms with Crippen LogP contribution in [0.1, 0.15) is 18.2 Å². The molecule has 0 aliphatic heterocycles. The summed E-state index contributed by atoms with van der Waals surface area (Å²) in [5, 5.41) is 3.17. The van der Waals surface area contributed by atoms with E-state index < -0.39 is 23.8 Å². The van der Waals surface area contributed by atoms with Crippen LogP contribution in [-0.2, 0) is 25.6 Å². The van der Waals surface area contributed by atoms with Crippen molar-refractivity contribution in [1.29, 1.82) is 0 Å². The lowest BCUT2D eigenvalue weighted by molar-refractivity contribution is -0.157. The molecule has 0 saturated heterocycles. The Morgan fingerprint density at radius 1 is 1.19 bits per heavy atom. The maximum absolute atomic E-state index is 12.2. The zero-order chi connectivity index (χ0) is 19.6. The van der Waals surface area contributed by atoms with Gasteiger partial charge in [0.25, 0.3) is 5.91 Å². The summed E-state index contributed by atoms with van der Waals surface area (Å²) in [7, 11) is 0. The topological polar surface area (TPSA) is 97.4 Å². The fraction of sp³-hybridized carbons (Fsp3) is 0.158. The second kappa shape index (κ2) is 10.1. The number of nitrogens with zero attached hydrogens (tertiary/aromatic N) is 1. The van der Waals surface area contributed by atoms with Crippen LogP contribution in [0, 0.1) is 0 Å². The summed E-state index contributed by atoms with van der Waals surface area (Å²) in [6, 6.07) is 11.2. The standard InChI is InChI=1S/C19H18ClN3O4/c1-13(24)27-23-19(26)17(12-16-4-2-3-11-21-16)22-18(25)10-7-14-5-8-15(20)9-6-14/h2-11,17H,12H2,1H3,(H,22,25)(H,23,26)/t17-/m0/s1. The van der Waals surface area contributed by atoms with Gasteiger partial charge in [0.2, 0.25) is 5.91 Å². The van der Waals surface area contributed by atoms with Crippen LogP contribution in [0.25, 0.3) is 6.08 Å². The molecule has 0 aliphatic carbocycles. The third kappa shape index (κ3) is 7.29. The van der Waals surface area contributed by atoms with E-state index in [1.807, 2.05) is 5.48 Å². The predicted octanol–water partition coefficient (Wildman–Crippen LogP) is 2.07. The molecule has 1 aromatic heterocycles. The van der Waals surface area contributed by atoms with Crippen LogP contribution in [0.3, 0.4) is 0 Å². The molecule has 1 aromatic carbocycles. The molecule has 2 N–H and O–H groups in total. The van der Waals surface area contributed by atoms with Crippen molar-refractivity contribution in [3.63, 3.8) is 0 Å². The molecule has 8 heteroatoms.